The van der Waals surface area contributed by atoms with Crippen molar-refractivity contribution in [1.82, 2.24) is 19.2 Å². The molecule has 0 bridgehead atoms. The van der Waals surface area contributed by atoms with Crippen molar-refractivity contribution in [2.75, 3.05) is 36.8 Å². The number of aromatic amines is 1. The molecule has 4 N–H and O–H groups in total. The van der Waals surface area contributed by atoms with Gasteiger partial charge in [0.1, 0.15) is 10.0 Å². The van der Waals surface area contributed by atoms with Gasteiger partial charge in [0.05, 0.1) is 16.6 Å². The first-order valence-corrected chi connectivity index (χ1v) is 15.9. The summed E-state index contributed by atoms with van der Waals surface area (Å²) in [6, 6.07) is 10.2. The van der Waals surface area contributed by atoms with Crippen LogP contribution in [0.15, 0.2) is 62.3 Å². The Morgan fingerprint density at radius 3 is 2.50 bits per heavy atom. The Hall–Kier alpha value is -4.01. The van der Waals surface area contributed by atoms with Gasteiger partial charge in [0, 0.05) is 22.8 Å². The zero-order valence-electron chi connectivity index (χ0n) is 22.9. The fraction of sp³-hybridized carbons (Fsp3) is 0.321. The topological polar surface area (TPSA) is 145 Å². The molecule has 3 heterocycles. The maximum Gasteiger partial charge on any atom is 0.333 e. The molecule has 0 atom stereocenters. The highest BCUT2D eigenvalue weighted by atomic mass is 32.2. The fourth-order valence-corrected chi connectivity index (χ4v) is 7.11. The summed E-state index contributed by atoms with van der Waals surface area (Å²) in [4.78, 5) is 44.2. The summed E-state index contributed by atoms with van der Waals surface area (Å²) in [6.07, 6.45) is 4.75. The van der Waals surface area contributed by atoms with E-state index in [2.05, 4.69) is 20.5 Å². The number of thiophene rings is 1. The van der Waals surface area contributed by atoms with Gasteiger partial charge in [-0.1, -0.05) is 6.42 Å². The van der Waals surface area contributed by atoms with E-state index in [4.69, 9.17) is 0 Å². The molecule has 1 aliphatic heterocycles. The van der Waals surface area contributed by atoms with Crippen molar-refractivity contribution in [1.29, 1.82) is 0 Å². The molecule has 4 aromatic rings. The van der Waals surface area contributed by atoms with E-state index in [1.54, 1.807) is 31.2 Å². The number of nitrogens with one attached hydrogen (secondary N) is 4. The summed E-state index contributed by atoms with van der Waals surface area (Å²) in [5.74, 6) is -0.969. The number of amides is 2. The van der Waals surface area contributed by atoms with Crippen molar-refractivity contribution < 1.29 is 17.6 Å². The van der Waals surface area contributed by atoms with E-state index in [1.165, 1.54) is 31.4 Å². The number of likely N-dealkylation sites (tertiary alicyclic amines) is 1. The molecule has 14 heteroatoms. The lowest BCUT2D eigenvalue weighted by Gasteiger charge is -2.26. The zero-order chi connectivity index (χ0) is 29.9. The van der Waals surface area contributed by atoms with Crippen LogP contribution in [0.1, 0.15) is 30.6 Å². The quantitative estimate of drug-likeness (QED) is 0.209. The summed E-state index contributed by atoms with van der Waals surface area (Å²) in [5.41, 5.74) is -0.863. The number of halogens is 1. The van der Waals surface area contributed by atoms with Crippen LogP contribution >= 0.6 is 11.3 Å². The van der Waals surface area contributed by atoms with E-state index in [-0.39, 0.29) is 21.0 Å². The van der Waals surface area contributed by atoms with Crippen LogP contribution in [0.5, 0.6) is 0 Å². The van der Waals surface area contributed by atoms with Gasteiger partial charge in [-0.25, -0.2) is 31.7 Å². The number of hydrogen-bond donors (Lipinski definition) is 4. The zero-order valence-corrected chi connectivity index (χ0v) is 24.5. The van der Waals surface area contributed by atoms with Crippen molar-refractivity contribution in [3.8, 4) is 5.69 Å². The molecule has 222 valence electrons. The van der Waals surface area contributed by atoms with Crippen molar-refractivity contribution in [3.05, 3.63) is 80.1 Å². The second-order valence-corrected chi connectivity index (χ2v) is 13.3. The molecule has 1 fully saturated rings. The van der Waals surface area contributed by atoms with Crippen LogP contribution in [0.3, 0.4) is 0 Å². The highest BCUT2D eigenvalue weighted by molar-refractivity contribution is 7.92. The number of aromatic nitrogens is 2. The van der Waals surface area contributed by atoms with E-state index < -0.39 is 33.1 Å². The van der Waals surface area contributed by atoms with Crippen LogP contribution in [-0.4, -0.2) is 55.1 Å². The van der Waals surface area contributed by atoms with Crippen LogP contribution in [0, 0.1) is 12.7 Å². The van der Waals surface area contributed by atoms with E-state index in [9.17, 15) is 22.8 Å². The van der Waals surface area contributed by atoms with Gasteiger partial charge in [0.25, 0.3) is 15.6 Å². The molecule has 2 amide bonds. The molecule has 0 spiro atoms. The maximum absolute atomic E-state index is 15.1. The third-order valence-electron chi connectivity index (χ3n) is 6.98. The molecule has 2 aromatic carbocycles. The average Bonchev–Trinajstić information content (AvgIpc) is 3.40. The lowest BCUT2D eigenvalue weighted by molar-refractivity contribution is 0.228. The number of piperidine rings is 1. The van der Waals surface area contributed by atoms with E-state index in [0.29, 0.717) is 10.1 Å². The number of H-pyrrole nitrogens is 1. The molecule has 1 aliphatic rings. The summed E-state index contributed by atoms with van der Waals surface area (Å²) >= 11 is 0.998. The van der Waals surface area contributed by atoms with Gasteiger partial charge in [-0.3, -0.25) is 4.79 Å². The summed E-state index contributed by atoms with van der Waals surface area (Å²) in [6.45, 7) is 5.76. The van der Waals surface area contributed by atoms with Gasteiger partial charge in [0.15, 0.2) is 0 Å². The monoisotopic (exact) mass is 614 g/mol. The molecule has 2 aromatic heterocycles. The Morgan fingerprint density at radius 2 is 1.79 bits per heavy atom. The van der Waals surface area contributed by atoms with E-state index in [1.807, 2.05) is 4.72 Å². The summed E-state index contributed by atoms with van der Waals surface area (Å²) in [5, 5.41) is 5.77. The minimum absolute atomic E-state index is 0.0395. The van der Waals surface area contributed by atoms with Crippen molar-refractivity contribution in [2.24, 2.45) is 0 Å². The minimum Gasteiger partial charge on any atom is -0.385 e. The number of benzene rings is 2. The number of sulfonamides is 1. The number of aryl methyl sites for hydroxylation is 1. The number of carbonyl (C=O) groups is 1. The van der Waals surface area contributed by atoms with Crippen molar-refractivity contribution in [2.45, 2.75) is 36.8 Å². The molecule has 0 radical (unpaired) electrons. The Balaban J connectivity index is 1.28. The highest BCUT2D eigenvalue weighted by Gasteiger charge is 2.20. The fourth-order valence-electron chi connectivity index (χ4n) is 4.92. The summed E-state index contributed by atoms with van der Waals surface area (Å²) < 4.78 is 42.3. The number of fused-ring (bicyclic) bond motifs is 1. The number of carbonyl (C=O) groups excluding carboxylic acids is 1. The minimum atomic E-state index is -4.10. The van der Waals surface area contributed by atoms with E-state index >= 15 is 4.39 Å². The molecular weight excluding hydrogens is 583 g/mol. The largest absolute Gasteiger partial charge is 0.385 e. The molecule has 42 heavy (non-hydrogen) atoms. The molecular formula is C28H31FN6O5S2. The van der Waals surface area contributed by atoms with Crippen LogP contribution in [-0.2, 0) is 10.0 Å². The number of hydrogen-bond acceptors (Lipinski definition) is 8. The first kappa shape index (κ1) is 29.5. The van der Waals surface area contributed by atoms with Gasteiger partial charge < -0.3 is 20.5 Å². The second-order valence-electron chi connectivity index (χ2n) is 10.1. The lowest BCUT2D eigenvalue weighted by atomic mass is 10.1. The van der Waals surface area contributed by atoms with Gasteiger partial charge in [-0.15, -0.1) is 11.3 Å². The normalized spacial score (nSPS) is 14.1. The predicted octanol–water partition coefficient (Wildman–Crippen LogP) is 3.99. The highest BCUT2D eigenvalue weighted by Crippen LogP contribution is 2.21. The SMILES string of the molecule is Cc1ccc(S(=O)(=O)NC(=O)Nc2ccc(-n3c(=O)[nH]c4cc(NCCCN5CCCCC5)ccc4c3=O)c(F)c2)s1. The smallest absolute Gasteiger partial charge is 0.333 e. The number of urea groups is 1. The third kappa shape index (κ3) is 6.72. The molecule has 11 nitrogen and oxygen atoms in total. The van der Waals surface area contributed by atoms with Gasteiger partial charge in [-0.2, -0.15) is 0 Å². The lowest BCUT2D eigenvalue weighted by Crippen LogP contribution is -2.35. The van der Waals surface area contributed by atoms with Gasteiger partial charge in [0.2, 0.25) is 0 Å². The number of nitrogens with zero attached hydrogens (tertiary/aromatic N) is 2. The molecule has 0 unspecified atom stereocenters. The molecule has 1 saturated heterocycles. The van der Waals surface area contributed by atoms with E-state index in [0.717, 1.165) is 66.6 Å². The molecule has 0 saturated carbocycles. The standard InChI is InChI=1S/C28H31FN6O5S2/c1-18-6-11-25(41-18)42(39,40)33-27(37)31-20-8-10-24(22(29)16-20)35-26(36)21-9-7-19(17-23(21)32-28(35)38)30-12-5-15-34-13-3-2-4-14-34/h6-11,16-17,30H,2-5,12-15H2,1H3,(H,32,38)(H2,31,33,37). The first-order chi connectivity index (χ1) is 20.1. The van der Waals surface area contributed by atoms with Crippen LogP contribution in [0.2, 0.25) is 0 Å². The van der Waals surface area contributed by atoms with Crippen LogP contribution in [0.25, 0.3) is 16.6 Å². The van der Waals surface area contributed by atoms with Gasteiger partial charge in [-0.05, 0) is 94.4 Å². The third-order valence-corrected chi connectivity index (χ3v) is 9.80. The van der Waals surface area contributed by atoms with Crippen LogP contribution < -0.4 is 26.6 Å². The predicted molar refractivity (Wildman–Crippen MR) is 162 cm³/mol. The Morgan fingerprint density at radius 1 is 1.02 bits per heavy atom. The molecule has 0 aliphatic carbocycles. The van der Waals surface area contributed by atoms with Crippen molar-refractivity contribution >= 4 is 49.7 Å². The number of rotatable bonds is 9. The molecule has 5 rings (SSSR count). The Kier molecular flexibility index (Phi) is 8.75. The van der Waals surface area contributed by atoms with Crippen LogP contribution in [0.4, 0.5) is 20.6 Å². The van der Waals surface area contributed by atoms with Crippen molar-refractivity contribution in [3.63, 3.8) is 0 Å². The maximum atomic E-state index is 15.1. The van der Waals surface area contributed by atoms with Gasteiger partial charge >= 0.3 is 11.7 Å². The Labute approximate surface area is 245 Å². The Bertz CT molecular complexity index is 1840. The number of anilines is 2. The second kappa shape index (κ2) is 12.5. The average molecular weight is 615 g/mol. The summed E-state index contributed by atoms with van der Waals surface area (Å²) in [7, 11) is -4.10. The first-order valence-electron chi connectivity index (χ1n) is 13.6.